The lowest BCUT2D eigenvalue weighted by Crippen LogP contribution is -2.46. The molecule has 3 rings (SSSR count). The molecule has 0 aromatic heterocycles. The van der Waals surface area contributed by atoms with Crippen LogP contribution in [0.3, 0.4) is 0 Å². The molecular weight excluding hydrogens is 478 g/mol. The van der Waals surface area contributed by atoms with Crippen molar-refractivity contribution in [2.45, 2.75) is 20.0 Å². The lowest BCUT2D eigenvalue weighted by molar-refractivity contribution is -0.106. The fourth-order valence-corrected chi connectivity index (χ4v) is 3.42. The van der Waals surface area contributed by atoms with E-state index in [9.17, 15) is 23.2 Å². The van der Waals surface area contributed by atoms with Gasteiger partial charge in [0.05, 0.1) is 11.3 Å². The molecule has 0 bridgehead atoms. The highest BCUT2D eigenvalue weighted by atomic mass is 19.4. The number of amides is 2. The molecule has 2 aliphatic rings. The van der Waals surface area contributed by atoms with Crippen LogP contribution < -0.4 is 9.64 Å². The van der Waals surface area contributed by atoms with E-state index >= 15 is 4.39 Å². The number of benzene rings is 1. The zero-order chi connectivity index (χ0) is 26.9. The minimum atomic E-state index is -4.82. The topological polar surface area (TPSA) is 65.8 Å². The minimum Gasteiger partial charge on any atom is -0.486 e. The summed E-state index contributed by atoms with van der Waals surface area (Å²) in [5.41, 5.74) is -0.893. The van der Waals surface area contributed by atoms with Crippen LogP contribution in [0.4, 0.5) is 28.0 Å². The Hall–Kier alpha value is -4.26. The predicted octanol–water partition coefficient (Wildman–Crippen LogP) is 6.47. The van der Waals surface area contributed by atoms with E-state index in [0.717, 1.165) is 24.8 Å². The Morgan fingerprint density at radius 3 is 2.47 bits per heavy atom. The number of anilines is 1. The van der Waals surface area contributed by atoms with Gasteiger partial charge in [-0.15, -0.1) is 0 Å². The van der Waals surface area contributed by atoms with E-state index in [2.05, 4.69) is 19.7 Å². The summed E-state index contributed by atoms with van der Waals surface area (Å²) in [6.45, 7) is 15.1. The number of urea groups is 1. The molecule has 36 heavy (non-hydrogen) atoms. The molecule has 0 fully saturated rings. The molecule has 0 spiro atoms. The summed E-state index contributed by atoms with van der Waals surface area (Å²) in [7, 11) is 0.912. The Bertz CT molecular complexity index is 1300. The van der Waals surface area contributed by atoms with Crippen LogP contribution in [0.25, 0.3) is 0 Å². The maximum Gasteiger partial charge on any atom is 0.431 e. The number of alkyl halides is 3. The highest BCUT2D eigenvalue weighted by Gasteiger charge is 2.43. The van der Waals surface area contributed by atoms with Gasteiger partial charge in [-0.3, -0.25) is 9.80 Å². The quantitative estimate of drug-likeness (QED) is 0.331. The number of hydrogen-bond acceptors (Lipinski definition) is 4. The minimum absolute atomic E-state index is 0.0730. The number of rotatable bonds is 6. The second kappa shape index (κ2) is 9.77. The standard InChI is InChI=1S/C26H23F4N3O3/c1-14(2)13-35-22-7-15(3)16(4)8-23(22)36-21-11-20(19(27)10-18(21)12-31)33-17(5)9-24(26(28,29)30)32(6)25(33)34/h7-11,15H,1,4-5,13H2,2-3,6H3. The normalized spacial score (nSPS) is 18.3. The molecule has 188 valence electrons. The van der Waals surface area contributed by atoms with E-state index < -0.39 is 35.1 Å². The third-order valence-corrected chi connectivity index (χ3v) is 5.37. The van der Waals surface area contributed by atoms with Gasteiger partial charge in [0.15, 0.2) is 11.5 Å². The molecule has 1 atom stereocenters. The Labute approximate surface area is 206 Å². The summed E-state index contributed by atoms with van der Waals surface area (Å²) < 4.78 is 66.5. The van der Waals surface area contributed by atoms with Crippen LogP contribution in [-0.4, -0.2) is 30.8 Å². The first-order valence-electron chi connectivity index (χ1n) is 10.6. The third-order valence-electron chi connectivity index (χ3n) is 5.37. The number of nitrogens with zero attached hydrogens (tertiary/aromatic N) is 3. The zero-order valence-electron chi connectivity index (χ0n) is 19.9. The van der Waals surface area contributed by atoms with E-state index in [-0.39, 0.29) is 29.6 Å². The lowest BCUT2D eigenvalue weighted by atomic mass is 9.96. The number of carbonyl (C=O) groups is 1. The first kappa shape index (κ1) is 26.3. The van der Waals surface area contributed by atoms with Gasteiger partial charge in [0, 0.05) is 24.7 Å². The molecule has 1 aliphatic heterocycles. The van der Waals surface area contributed by atoms with Crippen molar-refractivity contribution in [1.82, 2.24) is 4.90 Å². The monoisotopic (exact) mass is 501 g/mol. The van der Waals surface area contributed by atoms with Crippen LogP contribution in [-0.2, 0) is 4.74 Å². The predicted molar refractivity (Wildman–Crippen MR) is 126 cm³/mol. The molecule has 0 saturated heterocycles. The highest BCUT2D eigenvalue weighted by molar-refractivity contribution is 5.98. The zero-order valence-corrected chi connectivity index (χ0v) is 19.9. The van der Waals surface area contributed by atoms with Crippen LogP contribution in [0.5, 0.6) is 5.75 Å². The molecule has 0 saturated carbocycles. The first-order chi connectivity index (χ1) is 16.7. The van der Waals surface area contributed by atoms with Crippen molar-refractivity contribution in [2.24, 2.45) is 5.92 Å². The second-order valence-corrected chi connectivity index (χ2v) is 8.36. The Kier molecular flexibility index (Phi) is 7.15. The molecule has 1 aromatic rings. The lowest BCUT2D eigenvalue weighted by Gasteiger charge is -2.35. The van der Waals surface area contributed by atoms with Gasteiger partial charge < -0.3 is 9.47 Å². The summed E-state index contributed by atoms with van der Waals surface area (Å²) in [6.07, 6.45) is -0.845. The van der Waals surface area contributed by atoms with Crippen molar-refractivity contribution in [3.05, 3.63) is 95.5 Å². The molecule has 1 aliphatic carbocycles. The van der Waals surface area contributed by atoms with E-state index in [1.54, 1.807) is 19.1 Å². The van der Waals surface area contributed by atoms with Crippen molar-refractivity contribution < 1.29 is 31.8 Å². The average Bonchev–Trinajstić information content (AvgIpc) is 2.78. The Morgan fingerprint density at radius 2 is 1.89 bits per heavy atom. The number of allylic oxidation sites excluding steroid dienone is 5. The fourth-order valence-electron chi connectivity index (χ4n) is 3.42. The summed E-state index contributed by atoms with van der Waals surface area (Å²) in [6, 6.07) is 2.50. The van der Waals surface area contributed by atoms with Crippen LogP contribution in [0, 0.1) is 23.1 Å². The Morgan fingerprint density at radius 1 is 1.22 bits per heavy atom. The van der Waals surface area contributed by atoms with Gasteiger partial charge in [-0.2, -0.15) is 18.4 Å². The summed E-state index contributed by atoms with van der Waals surface area (Å²) >= 11 is 0. The van der Waals surface area contributed by atoms with Crippen molar-refractivity contribution in [3.63, 3.8) is 0 Å². The highest BCUT2D eigenvalue weighted by Crippen LogP contribution is 2.39. The third kappa shape index (κ3) is 5.20. The first-order valence-corrected chi connectivity index (χ1v) is 10.6. The van der Waals surface area contributed by atoms with Crippen molar-refractivity contribution >= 4 is 11.7 Å². The molecule has 0 N–H and O–H groups in total. The van der Waals surface area contributed by atoms with Gasteiger partial charge >= 0.3 is 12.2 Å². The largest absolute Gasteiger partial charge is 0.486 e. The fraction of sp³-hybridized carbons (Fsp3) is 0.231. The van der Waals surface area contributed by atoms with Crippen molar-refractivity contribution in [1.29, 1.82) is 5.26 Å². The molecular formula is C26H23F4N3O3. The average molecular weight is 501 g/mol. The second-order valence-electron chi connectivity index (χ2n) is 8.36. The summed E-state index contributed by atoms with van der Waals surface area (Å²) in [5, 5.41) is 9.55. The van der Waals surface area contributed by atoms with Crippen LogP contribution >= 0.6 is 0 Å². The molecule has 1 unspecified atom stereocenters. The van der Waals surface area contributed by atoms with Gasteiger partial charge in [-0.05, 0) is 42.4 Å². The number of halogens is 4. The molecule has 1 heterocycles. The molecule has 2 amide bonds. The summed E-state index contributed by atoms with van der Waals surface area (Å²) in [5.74, 6) is -0.745. The van der Waals surface area contributed by atoms with Crippen molar-refractivity contribution in [3.8, 4) is 11.8 Å². The molecule has 10 heteroatoms. The van der Waals surface area contributed by atoms with Crippen LogP contribution in [0.1, 0.15) is 19.4 Å². The van der Waals surface area contributed by atoms with Crippen molar-refractivity contribution in [2.75, 3.05) is 18.6 Å². The SMILES string of the molecule is C=C(C)COC1=CC(C)C(=C)C=C1Oc1cc(N2C(=C)C=C(C(F)(F)F)N(C)C2=O)c(F)cc1C#N. The van der Waals surface area contributed by atoms with Gasteiger partial charge in [-0.25, -0.2) is 9.18 Å². The maximum absolute atomic E-state index is 15.0. The van der Waals surface area contributed by atoms with E-state index in [4.69, 9.17) is 9.47 Å². The number of nitriles is 1. The Balaban J connectivity index is 2.05. The molecule has 0 radical (unpaired) electrons. The van der Waals surface area contributed by atoms with Crippen LogP contribution in [0.2, 0.25) is 0 Å². The van der Waals surface area contributed by atoms with Crippen LogP contribution in [0.15, 0.2) is 84.2 Å². The van der Waals surface area contributed by atoms with Gasteiger partial charge in [-0.1, -0.05) is 26.7 Å². The van der Waals surface area contributed by atoms with E-state index in [1.165, 1.54) is 0 Å². The van der Waals surface area contributed by atoms with Gasteiger partial charge in [0.25, 0.3) is 0 Å². The maximum atomic E-state index is 15.0. The molecule has 6 nitrogen and oxygen atoms in total. The van der Waals surface area contributed by atoms with E-state index in [0.29, 0.717) is 27.2 Å². The molecule has 1 aromatic carbocycles. The smallest absolute Gasteiger partial charge is 0.431 e. The number of hydrogen-bond donors (Lipinski definition) is 0. The summed E-state index contributed by atoms with van der Waals surface area (Å²) in [4.78, 5) is 13.8. The van der Waals surface area contributed by atoms with Gasteiger partial charge in [0.2, 0.25) is 0 Å². The van der Waals surface area contributed by atoms with Gasteiger partial charge in [0.1, 0.15) is 29.9 Å². The number of ether oxygens (including phenoxy) is 2. The van der Waals surface area contributed by atoms with E-state index in [1.807, 2.05) is 13.0 Å². The number of carbonyl (C=O) groups excluding carboxylic acids is 1.